The smallest absolute Gasteiger partial charge is 0.226 e. The lowest BCUT2D eigenvalue weighted by atomic mass is 9.65. The van der Waals surface area contributed by atoms with Crippen LogP contribution in [0.15, 0.2) is 12.2 Å². The summed E-state index contributed by atoms with van der Waals surface area (Å²) in [5.74, 6) is -0.429. The molecule has 0 spiro atoms. The van der Waals surface area contributed by atoms with Crippen molar-refractivity contribution in [3.63, 3.8) is 0 Å². The highest BCUT2D eigenvalue weighted by Crippen LogP contribution is 2.52. The molecule has 0 radical (unpaired) electrons. The summed E-state index contributed by atoms with van der Waals surface area (Å²) in [5.41, 5.74) is -1.41. The quantitative estimate of drug-likeness (QED) is 0.650. The number of carbonyl (C=O) groups excluding carboxylic acids is 1. The van der Waals surface area contributed by atoms with Crippen LogP contribution in [0.2, 0.25) is 0 Å². The van der Waals surface area contributed by atoms with Crippen LogP contribution in [0.3, 0.4) is 0 Å². The number of carbonyl (C=O) groups is 1. The Labute approximate surface area is 119 Å². The molecule has 2 fully saturated rings. The molecule has 0 saturated carbocycles. The van der Waals surface area contributed by atoms with Gasteiger partial charge >= 0.3 is 0 Å². The van der Waals surface area contributed by atoms with Gasteiger partial charge in [-0.25, -0.2) is 0 Å². The van der Waals surface area contributed by atoms with Crippen molar-refractivity contribution in [3.05, 3.63) is 12.2 Å². The van der Waals surface area contributed by atoms with E-state index in [1.54, 1.807) is 0 Å². The first-order valence-corrected chi connectivity index (χ1v) is 7.47. The SMILES string of the molecule is C[C@@]12OC[C@]1([C@@H](O)[C@@H]1C=CCCC1)NC(=O)[C@@H]2CCO. The number of aliphatic hydroxyl groups excluding tert-OH is 2. The van der Waals surface area contributed by atoms with Gasteiger partial charge in [0.2, 0.25) is 5.91 Å². The molecule has 3 N–H and O–H groups in total. The molecule has 0 aromatic carbocycles. The molecule has 5 nitrogen and oxygen atoms in total. The van der Waals surface area contributed by atoms with Gasteiger partial charge in [0.15, 0.2) is 0 Å². The number of aliphatic hydroxyl groups is 2. The summed E-state index contributed by atoms with van der Waals surface area (Å²) in [5, 5.41) is 22.9. The highest BCUT2D eigenvalue weighted by Gasteiger charge is 2.72. The first-order chi connectivity index (χ1) is 9.55. The van der Waals surface area contributed by atoms with E-state index in [9.17, 15) is 9.90 Å². The maximum absolute atomic E-state index is 12.2. The molecule has 5 heteroatoms. The van der Waals surface area contributed by atoms with E-state index in [2.05, 4.69) is 17.5 Å². The van der Waals surface area contributed by atoms with Gasteiger partial charge in [-0.3, -0.25) is 4.79 Å². The van der Waals surface area contributed by atoms with E-state index < -0.39 is 17.2 Å². The third kappa shape index (κ3) is 1.70. The van der Waals surface area contributed by atoms with Crippen LogP contribution in [0.4, 0.5) is 0 Å². The van der Waals surface area contributed by atoms with Gasteiger partial charge in [0.05, 0.1) is 18.6 Å². The Balaban J connectivity index is 1.86. The van der Waals surface area contributed by atoms with Crippen LogP contribution in [0.25, 0.3) is 0 Å². The highest BCUT2D eigenvalue weighted by atomic mass is 16.5. The Morgan fingerprint density at radius 3 is 2.95 bits per heavy atom. The third-order valence-corrected chi connectivity index (χ3v) is 5.43. The Hall–Kier alpha value is -0.910. The molecule has 0 aromatic rings. The topological polar surface area (TPSA) is 78.8 Å². The third-order valence-electron chi connectivity index (χ3n) is 5.43. The molecule has 3 rings (SSSR count). The highest BCUT2D eigenvalue weighted by molar-refractivity contribution is 5.85. The normalized spacial score (nSPS) is 44.6. The van der Waals surface area contributed by atoms with Gasteiger partial charge in [0.1, 0.15) is 11.1 Å². The van der Waals surface area contributed by atoms with Crippen LogP contribution >= 0.6 is 0 Å². The molecule has 3 aliphatic rings. The Morgan fingerprint density at radius 1 is 1.60 bits per heavy atom. The van der Waals surface area contributed by atoms with Crippen LogP contribution in [-0.4, -0.2) is 46.6 Å². The molecular weight excluding hydrogens is 258 g/mol. The van der Waals surface area contributed by atoms with Crippen molar-refractivity contribution in [2.24, 2.45) is 11.8 Å². The number of nitrogens with one attached hydrogen (secondary N) is 1. The Kier molecular flexibility index (Phi) is 3.39. The number of hydrogen-bond donors (Lipinski definition) is 3. The fourth-order valence-electron chi connectivity index (χ4n) is 4.04. The molecule has 1 aliphatic carbocycles. The summed E-state index contributed by atoms with van der Waals surface area (Å²) in [6.07, 6.45) is 6.97. The minimum absolute atomic E-state index is 0.0491. The van der Waals surface area contributed by atoms with Gasteiger partial charge in [0.25, 0.3) is 0 Å². The predicted octanol–water partition coefficient (Wildman–Crippen LogP) is 0.360. The lowest BCUT2D eigenvalue weighted by Gasteiger charge is -2.57. The first kappa shape index (κ1) is 14.0. The van der Waals surface area contributed by atoms with Crippen molar-refractivity contribution < 1.29 is 19.7 Å². The predicted molar refractivity (Wildman–Crippen MR) is 72.9 cm³/mol. The molecule has 5 atom stereocenters. The number of hydrogen-bond acceptors (Lipinski definition) is 4. The van der Waals surface area contributed by atoms with Gasteiger partial charge in [0, 0.05) is 12.5 Å². The van der Waals surface area contributed by atoms with Crippen molar-refractivity contribution in [1.29, 1.82) is 0 Å². The molecular formula is C15H23NO4. The molecule has 2 saturated heterocycles. The Bertz CT molecular complexity index is 438. The zero-order valence-corrected chi connectivity index (χ0v) is 11.8. The van der Waals surface area contributed by atoms with Crippen molar-refractivity contribution in [2.75, 3.05) is 13.2 Å². The van der Waals surface area contributed by atoms with Crippen molar-refractivity contribution in [1.82, 2.24) is 5.32 Å². The number of amides is 1. The number of rotatable bonds is 4. The monoisotopic (exact) mass is 281 g/mol. The standard InChI is InChI=1S/C15H23NO4/c1-14-11(7-8-17)13(19)16-15(14,9-20-14)12(18)10-5-3-2-4-6-10/h3,5,10-12,17-18H,2,4,6-9H2,1H3,(H,16,19)/t10-,11+,12+,14+,15-/m1/s1. The van der Waals surface area contributed by atoms with Crippen LogP contribution in [0.5, 0.6) is 0 Å². The van der Waals surface area contributed by atoms with Crippen molar-refractivity contribution >= 4 is 5.91 Å². The molecule has 0 unspecified atom stereocenters. The lowest BCUT2D eigenvalue weighted by molar-refractivity contribution is -0.254. The van der Waals surface area contributed by atoms with E-state index in [1.165, 1.54) is 0 Å². The zero-order valence-electron chi connectivity index (χ0n) is 11.8. The lowest BCUT2D eigenvalue weighted by Crippen LogP contribution is -2.77. The molecule has 0 aromatic heterocycles. The fraction of sp³-hybridized carbons (Fsp3) is 0.800. The van der Waals surface area contributed by atoms with Gasteiger partial charge < -0.3 is 20.3 Å². The summed E-state index contributed by atoms with van der Waals surface area (Å²) in [6.45, 7) is 2.18. The van der Waals surface area contributed by atoms with Gasteiger partial charge in [-0.05, 0) is 32.6 Å². The van der Waals surface area contributed by atoms with Crippen molar-refractivity contribution in [3.8, 4) is 0 Å². The maximum atomic E-state index is 12.2. The largest absolute Gasteiger partial charge is 0.396 e. The summed E-state index contributed by atoms with van der Waals surface area (Å²) in [4.78, 5) is 12.2. The molecule has 2 heterocycles. The minimum atomic E-state index is -0.711. The molecule has 112 valence electrons. The minimum Gasteiger partial charge on any atom is -0.396 e. The van der Waals surface area contributed by atoms with Gasteiger partial charge in [-0.1, -0.05) is 12.2 Å². The van der Waals surface area contributed by atoms with E-state index in [-0.39, 0.29) is 24.3 Å². The fourth-order valence-corrected chi connectivity index (χ4v) is 4.04. The molecule has 1 amide bonds. The maximum Gasteiger partial charge on any atom is 0.226 e. The Morgan fingerprint density at radius 2 is 2.40 bits per heavy atom. The summed E-state index contributed by atoms with van der Waals surface area (Å²) in [6, 6.07) is 0. The average Bonchev–Trinajstić information content (AvgIpc) is 2.61. The molecule has 2 aliphatic heterocycles. The molecule has 0 bridgehead atoms. The van der Waals surface area contributed by atoms with E-state index in [0.29, 0.717) is 13.0 Å². The summed E-state index contributed by atoms with van der Waals surface area (Å²) in [7, 11) is 0. The number of fused-ring (bicyclic) bond motifs is 1. The number of ether oxygens (including phenoxy) is 1. The summed E-state index contributed by atoms with van der Waals surface area (Å²) >= 11 is 0. The van der Waals surface area contributed by atoms with E-state index >= 15 is 0 Å². The summed E-state index contributed by atoms with van der Waals surface area (Å²) < 4.78 is 5.71. The van der Waals surface area contributed by atoms with Crippen LogP contribution in [0, 0.1) is 11.8 Å². The van der Waals surface area contributed by atoms with Crippen LogP contribution in [-0.2, 0) is 9.53 Å². The van der Waals surface area contributed by atoms with E-state index in [4.69, 9.17) is 9.84 Å². The first-order valence-electron chi connectivity index (χ1n) is 7.47. The number of allylic oxidation sites excluding steroid dienone is 1. The van der Waals surface area contributed by atoms with Gasteiger partial charge in [-0.15, -0.1) is 0 Å². The average molecular weight is 281 g/mol. The van der Waals surface area contributed by atoms with Crippen LogP contribution < -0.4 is 5.32 Å². The van der Waals surface area contributed by atoms with E-state index in [1.807, 2.05) is 6.92 Å². The second-order valence-electron chi connectivity index (χ2n) is 6.39. The van der Waals surface area contributed by atoms with Crippen LogP contribution in [0.1, 0.15) is 32.6 Å². The van der Waals surface area contributed by atoms with Gasteiger partial charge in [-0.2, -0.15) is 0 Å². The molecule has 20 heavy (non-hydrogen) atoms. The van der Waals surface area contributed by atoms with Crippen molar-refractivity contribution in [2.45, 2.75) is 49.9 Å². The zero-order chi connectivity index (χ0) is 14.4. The van der Waals surface area contributed by atoms with E-state index in [0.717, 1.165) is 19.3 Å². The second-order valence-corrected chi connectivity index (χ2v) is 6.39. The second kappa shape index (κ2) is 4.83.